The second-order valence-electron chi connectivity index (χ2n) is 6.56. The Morgan fingerprint density at radius 3 is 2.31 bits per heavy atom. The minimum atomic E-state index is -0.401. The number of rotatable bonds is 3. The van der Waals surface area contributed by atoms with Crippen LogP contribution in [0.1, 0.15) is 51.5 Å². The minimum absolute atomic E-state index is 0.00211. The van der Waals surface area contributed by atoms with E-state index < -0.39 is 5.97 Å². The predicted molar refractivity (Wildman–Crippen MR) is 102 cm³/mol. The quantitative estimate of drug-likeness (QED) is 0.744. The predicted octanol–water partition coefficient (Wildman–Crippen LogP) is 4.54. The largest absolute Gasteiger partial charge is 0.465 e. The third kappa shape index (κ3) is 4.25. The summed E-state index contributed by atoms with van der Waals surface area (Å²) in [6.07, 6.45) is 3.15. The SMILES string of the molecule is COC(=O)c1ccc(C(=O)N2CCCCC(c3ccc(Cl)cc3)C2)cc1. The molecule has 1 unspecified atom stereocenters. The van der Waals surface area contributed by atoms with Crippen LogP contribution in [0.3, 0.4) is 0 Å². The second-order valence-corrected chi connectivity index (χ2v) is 7.00. The van der Waals surface area contributed by atoms with Crippen LogP contribution in [0, 0.1) is 0 Å². The summed E-state index contributed by atoms with van der Waals surface area (Å²) < 4.78 is 4.70. The lowest BCUT2D eigenvalue weighted by Gasteiger charge is -2.25. The molecule has 1 atom stereocenters. The normalized spacial score (nSPS) is 17.5. The Labute approximate surface area is 158 Å². The molecule has 2 aromatic carbocycles. The van der Waals surface area contributed by atoms with Gasteiger partial charge in [0.05, 0.1) is 12.7 Å². The third-order valence-corrected chi connectivity index (χ3v) is 5.10. The molecular weight excluding hydrogens is 350 g/mol. The summed E-state index contributed by atoms with van der Waals surface area (Å²) >= 11 is 5.99. The maximum atomic E-state index is 12.9. The highest BCUT2D eigenvalue weighted by Gasteiger charge is 2.24. The van der Waals surface area contributed by atoms with Gasteiger partial charge in [0.2, 0.25) is 0 Å². The van der Waals surface area contributed by atoms with E-state index in [1.165, 1.54) is 12.7 Å². The topological polar surface area (TPSA) is 46.6 Å². The monoisotopic (exact) mass is 371 g/mol. The fourth-order valence-corrected chi connectivity index (χ4v) is 3.51. The average molecular weight is 372 g/mol. The summed E-state index contributed by atoms with van der Waals surface area (Å²) in [6.45, 7) is 1.45. The zero-order valence-corrected chi connectivity index (χ0v) is 15.5. The van der Waals surface area contributed by atoms with Crippen molar-refractivity contribution in [2.75, 3.05) is 20.2 Å². The molecule has 4 nitrogen and oxygen atoms in total. The number of esters is 1. The fraction of sp³-hybridized carbons (Fsp3) is 0.333. The second kappa shape index (κ2) is 8.37. The number of ether oxygens (including phenoxy) is 1. The van der Waals surface area contributed by atoms with Crippen molar-refractivity contribution in [3.63, 3.8) is 0 Å². The molecule has 0 aromatic heterocycles. The molecule has 0 N–H and O–H groups in total. The summed E-state index contributed by atoms with van der Waals surface area (Å²) in [5, 5.41) is 0.723. The molecule has 1 amide bonds. The van der Waals surface area contributed by atoms with E-state index in [0.717, 1.165) is 30.8 Å². The number of hydrogen-bond acceptors (Lipinski definition) is 3. The fourth-order valence-electron chi connectivity index (χ4n) is 3.38. The maximum Gasteiger partial charge on any atom is 0.337 e. The Kier molecular flexibility index (Phi) is 5.94. The van der Waals surface area contributed by atoms with Crippen LogP contribution in [0.25, 0.3) is 0 Å². The molecule has 0 saturated carbocycles. The number of likely N-dealkylation sites (tertiary alicyclic amines) is 1. The Morgan fingerprint density at radius 2 is 1.65 bits per heavy atom. The third-order valence-electron chi connectivity index (χ3n) is 4.85. The molecule has 0 radical (unpaired) electrons. The van der Waals surface area contributed by atoms with Crippen LogP contribution in [-0.4, -0.2) is 37.0 Å². The molecule has 5 heteroatoms. The van der Waals surface area contributed by atoms with Crippen molar-refractivity contribution in [2.24, 2.45) is 0 Å². The first-order valence-corrected chi connectivity index (χ1v) is 9.19. The smallest absolute Gasteiger partial charge is 0.337 e. The number of hydrogen-bond donors (Lipinski definition) is 0. The van der Waals surface area contributed by atoms with Crippen LogP contribution in [0.15, 0.2) is 48.5 Å². The van der Waals surface area contributed by atoms with Gasteiger partial charge in [-0.3, -0.25) is 4.79 Å². The Balaban J connectivity index is 1.75. The molecule has 0 bridgehead atoms. The van der Waals surface area contributed by atoms with Gasteiger partial charge < -0.3 is 9.64 Å². The van der Waals surface area contributed by atoms with E-state index in [1.807, 2.05) is 29.2 Å². The molecule has 1 saturated heterocycles. The lowest BCUT2D eigenvalue weighted by atomic mass is 9.94. The van der Waals surface area contributed by atoms with E-state index in [2.05, 4.69) is 0 Å². The summed E-state index contributed by atoms with van der Waals surface area (Å²) in [5.41, 5.74) is 2.25. The average Bonchev–Trinajstić information content (AvgIpc) is 2.94. The van der Waals surface area contributed by atoms with Crippen molar-refractivity contribution in [3.8, 4) is 0 Å². The van der Waals surface area contributed by atoms with Gasteiger partial charge in [-0.25, -0.2) is 4.79 Å². The summed E-state index contributed by atoms with van der Waals surface area (Å²) in [5.74, 6) is -0.0862. The van der Waals surface area contributed by atoms with Gasteiger partial charge in [-0.2, -0.15) is 0 Å². The van der Waals surface area contributed by atoms with Crippen molar-refractivity contribution in [1.82, 2.24) is 4.90 Å². The molecule has 136 valence electrons. The van der Waals surface area contributed by atoms with Crippen molar-refractivity contribution < 1.29 is 14.3 Å². The molecule has 26 heavy (non-hydrogen) atoms. The first-order valence-electron chi connectivity index (χ1n) is 8.81. The first kappa shape index (κ1) is 18.5. The highest BCUT2D eigenvalue weighted by atomic mass is 35.5. The van der Waals surface area contributed by atoms with E-state index in [4.69, 9.17) is 16.3 Å². The van der Waals surface area contributed by atoms with Gasteiger partial charge in [-0.1, -0.05) is 30.2 Å². The molecule has 0 aliphatic carbocycles. The van der Waals surface area contributed by atoms with Crippen LogP contribution in [0.5, 0.6) is 0 Å². The molecule has 0 spiro atoms. The van der Waals surface area contributed by atoms with E-state index in [9.17, 15) is 9.59 Å². The maximum absolute atomic E-state index is 12.9. The van der Waals surface area contributed by atoms with Gasteiger partial charge in [-0.15, -0.1) is 0 Å². The zero-order chi connectivity index (χ0) is 18.5. The summed E-state index contributed by atoms with van der Waals surface area (Å²) in [7, 11) is 1.34. The molecule has 1 aliphatic heterocycles. The highest BCUT2D eigenvalue weighted by molar-refractivity contribution is 6.30. The van der Waals surface area contributed by atoms with Gasteiger partial charge in [0, 0.05) is 29.6 Å². The molecule has 2 aromatic rings. The lowest BCUT2D eigenvalue weighted by Crippen LogP contribution is -2.34. The zero-order valence-electron chi connectivity index (χ0n) is 14.8. The molecule has 1 heterocycles. The summed E-state index contributed by atoms with van der Waals surface area (Å²) in [4.78, 5) is 26.4. The van der Waals surface area contributed by atoms with Gasteiger partial charge in [0.15, 0.2) is 0 Å². The number of carbonyl (C=O) groups is 2. The van der Waals surface area contributed by atoms with Crippen molar-refractivity contribution >= 4 is 23.5 Å². The van der Waals surface area contributed by atoms with Crippen molar-refractivity contribution in [1.29, 1.82) is 0 Å². The molecular formula is C21H22ClNO3. The highest BCUT2D eigenvalue weighted by Crippen LogP contribution is 2.28. The van der Waals surface area contributed by atoms with Crippen LogP contribution >= 0.6 is 11.6 Å². The van der Waals surface area contributed by atoms with Gasteiger partial charge in [0.1, 0.15) is 0 Å². The van der Waals surface area contributed by atoms with Gasteiger partial charge >= 0.3 is 5.97 Å². The Bertz CT molecular complexity index is 771. The minimum Gasteiger partial charge on any atom is -0.465 e. The number of amides is 1. The van der Waals surface area contributed by atoms with E-state index in [0.29, 0.717) is 23.6 Å². The number of nitrogens with zero attached hydrogens (tertiary/aromatic N) is 1. The Hall–Kier alpha value is -2.33. The van der Waals surface area contributed by atoms with Crippen LogP contribution < -0.4 is 0 Å². The molecule has 1 aliphatic rings. The van der Waals surface area contributed by atoms with Crippen LogP contribution in [0.4, 0.5) is 0 Å². The van der Waals surface area contributed by atoms with E-state index in [-0.39, 0.29) is 5.91 Å². The van der Waals surface area contributed by atoms with Crippen LogP contribution in [-0.2, 0) is 4.74 Å². The van der Waals surface area contributed by atoms with E-state index >= 15 is 0 Å². The van der Waals surface area contributed by atoms with Crippen molar-refractivity contribution in [2.45, 2.75) is 25.2 Å². The first-order chi connectivity index (χ1) is 12.6. The summed E-state index contributed by atoms with van der Waals surface area (Å²) in [6, 6.07) is 14.5. The number of carbonyl (C=O) groups excluding carboxylic acids is 2. The van der Waals surface area contributed by atoms with Gasteiger partial charge in [0.25, 0.3) is 5.91 Å². The van der Waals surface area contributed by atoms with Crippen molar-refractivity contribution in [3.05, 3.63) is 70.2 Å². The number of benzene rings is 2. The number of halogens is 1. The van der Waals surface area contributed by atoms with Crippen LogP contribution in [0.2, 0.25) is 5.02 Å². The van der Waals surface area contributed by atoms with E-state index in [1.54, 1.807) is 24.3 Å². The standard InChI is InChI=1S/C21H22ClNO3/c1-26-21(25)17-7-5-16(6-8-17)20(24)23-13-3-2-4-18(14-23)15-9-11-19(22)12-10-15/h5-12,18H,2-4,13-14H2,1H3. The lowest BCUT2D eigenvalue weighted by molar-refractivity contribution is 0.0599. The molecule has 3 rings (SSSR count). The number of methoxy groups -OCH3 is 1. The molecule has 1 fully saturated rings. The van der Waals surface area contributed by atoms with Gasteiger partial charge in [-0.05, 0) is 54.8 Å². The Morgan fingerprint density at radius 1 is 1.00 bits per heavy atom.